The van der Waals surface area contributed by atoms with Gasteiger partial charge in [-0.1, -0.05) is 5.16 Å². The standard InChI is InChI=1S/C13H17N3O4/c1-8-4-10(20-15-8)11(17)16-5-9-6-19-3-2-13(9,7-16)12(14)18/h4,9H,2-3,5-7H2,1H3,(H2,14,18)/t9-,13+/m1/s1. The normalized spacial score (nSPS) is 29.2. The van der Waals surface area contributed by atoms with Crippen molar-refractivity contribution >= 4 is 11.8 Å². The molecule has 7 nitrogen and oxygen atoms in total. The maximum Gasteiger partial charge on any atom is 0.292 e. The second kappa shape index (κ2) is 4.59. The van der Waals surface area contributed by atoms with E-state index >= 15 is 0 Å². The fourth-order valence-electron chi connectivity index (χ4n) is 3.13. The Bertz CT molecular complexity index is 556. The van der Waals surface area contributed by atoms with Gasteiger partial charge in [-0.25, -0.2) is 0 Å². The average Bonchev–Trinajstić information content (AvgIpc) is 3.02. The quantitative estimate of drug-likeness (QED) is 0.818. The number of aromatic nitrogens is 1. The second-order valence-corrected chi connectivity index (χ2v) is 5.56. The van der Waals surface area contributed by atoms with Crippen LogP contribution in [0.2, 0.25) is 0 Å². The Hall–Kier alpha value is -1.89. The summed E-state index contributed by atoms with van der Waals surface area (Å²) >= 11 is 0. The smallest absolute Gasteiger partial charge is 0.292 e. The first-order valence-electron chi connectivity index (χ1n) is 6.63. The van der Waals surface area contributed by atoms with E-state index in [1.165, 1.54) is 0 Å². The summed E-state index contributed by atoms with van der Waals surface area (Å²) in [6, 6.07) is 1.59. The number of carbonyl (C=O) groups excluding carboxylic acids is 2. The first-order valence-corrected chi connectivity index (χ1v) is 6.63. The molecule has 1 aromatic rings. The van der Waals surface area contributed by atoms with Gasteiger partial charge in [-0.2, -0.15) is 0 Å². The van der Waals surface area contributed by atoms with Gasteiger partial charge in [0.15, 0.2) is 0 Å². The molecule has 0 saturated carbocycles. The van der Waals surface area contributed by atoms with Crippen molar-refractivity contribution in [2.45, 2.75) is 13.3 Å². The third kappa shape index (κ3) is 1.89. The lowest BCUT2D eigenvalue weighted by atomic mass is 9.74. The van der Waals surface area contributed by atoms with E-state index in [9.17, 15) is 9.59 Å². The Labute approximate surface area is 116 Å². The molecule has 0 aliphatic carbocycles. The zero-order valence-electron chi connectivity index (χ0n) is 11.3. The number of carbonyl (C=O) groups is 2. The van der Waals surface area contributed by atoms with Crippen LogP contribution in [-0.2, 0) is 9.53 Å². The molecule has 3 heterocycles. The molecule has 20 heavy (non-hydrogen) atoms. The molecule has 0 aromatic carbocycles. The average molecular weight is 279 g/mol. The van der Waals surface area contributed by atoms with Crippen LogP contribution in [0.15, 0.2) is 10.6 Å². The van der Waals surface area contributed by atoms with Crippen LogP contribution >= 0.6 is 0 Å². The highest BCUT2D eigenvalue weighted by Gasteiger charge is 2.53. The van der Waals surface area contributed by atoms with E-state index in [0.717, 1.165) is 0 Å². The summed E-state index contributed by atoms with van der Waals surface area (Å²) < 4.78 is 10.4. The monoisotopic (exact) mass is 279 g/mol. The molecule has 0 unspecified atom stereocenters. The van der Waals surface area contributed by atoms with Crippen molar-refractivity contribution in [1.82, 2.24) is 10.1 Å². The number of nitrogens with zero attached hydrogens (tertiary/aromatic N) is 2. The minimum atomic E-state index is -0.664. The molecule has 0 bridgehead atoms. The lowest BCUT2D eigenvalue weighted by Gasteiger charge is -2.34. The molecule has 2 saturated heterocycles. The van der Waals surface area contributed by atoms with Gasteiger partial charge in [-0.15, -0.1) is 0 Å². The minimum Gasteiger partial charge on any atom is -0.381 e. The van der Waals surface area contributed by atoms with Gasteiger partial charge in [-0.3, -0.25) is 9.59 Å². The highest BCUT2D eigenvalue weighted by atomic mass is 16.5. The SMILES string of the molecule is Cc1cc(C(=O)N2C[C@@H]3COCC[C@]3(C(N)=O)C2)on1. The Kier molecular flexibility index (Phi) is 3.01. The molecule has 7 heteroatoms. The van der Waals surface area contributed by atoms with E-state index in [1.807, 2.05) is 0 Å². The fraction of sp³-hybridized carbons (Fsp3) is 0.615. The summed E-state index contributed by atoms with van der Waals surface area (Å²) in [6.07, 6.45) is 0.562. The highest BCUT2D eigenvalue weighted by Crippen LogP contribution is 2.42. The lowest BCUT2D eigenvalue weighted by molar-refractivity contribution is -0.135. The Morgan fingerprint density at radius 2 is 2.35 bits per heavy atom. The van der Waals surface area contributed by atoms with Crippen LogP contribution in [0, 0.1) is 18.3 Å². The maximum atomic E-state index is 12.4. The van der Waals surface area contributed by atoms with Crippen LogP contribution in [0.3, 0.4) is 0 Å². The van der Waals surface area contributed by atoms with Crippen molar-refractivity contribution in [1.29, 1.82) is 0 Å². The molecule has 108 valence electrons. The predicted molar refractivity (Wildman–Crippen MR) is 67.7 cm³/mol. The van der Waals surface area contributed by atoms with Gasteiger partial charge >= 0.3 is 0 Å². The summed E-state index contributed by atoms with van der Waals surface area (Å²) in [7, 11) is 0. The maximum absolute atomic E-state index is 12.4. The summed E-state index contributed by atoms with van der Waals surface area (Å²) in [4.78, 5) is 25.8. The van der Waals surface area contributed by atoms with E-state index < -0.39 is 5.41 Å². The molecule has 2 aliphatic heterocycles. The zero-order valence-corrected chi connectivity index (χ0v) is 11.3. The molecule has 0 radical (unpaired) electrons. The number of aryl methyl sites for hydroxylation is 1. The van der Waals surface area contributed by atoms with Crippen LogP contribution in [0.4, 0.5) is 0 Å². The number of likely N-dealkylation sites (tertiary alicyclic amines) is 1. The van der Waals surface area contributed by atoms with Gasteiger partial charge in [0.05, 0.1) is 17.7 Å². The number of rotatable bonds is 2. The lowest BCUT2D eigenvalue weighted by Crippen LogP contribution is -2.48. The molecule has 2 atom stereocenters. The number of nitrogens with two attached hydrogens (primary N) is 1. The summed E-state index contributed by atoms with van der Waals surface area (Å²) in [5.74, 6) is -0.445. The Morgan fingerprint density at radius 1 is 1.55 bits per heavy atom. The molecule has 2 N–H and O–H groups in total. The van der Waals surface area contributed by atoms with Crippen molar-refractivity contribution in [3.63, 3.8) is 0 Å². The third-order valence-corrected chi connectivity index (χ3v) is 4.32. The van der Waals surface area contributed by atoms with Crippen molar-refractivity contribution in [2.75, 3.05) is 26.3 Å². The van der Waals surface area contributed by atoms with Gasteiger partial charge in [-0.05, 0) is 13.3 Å². The van der Waals surface area contributed by atoms with Gasteiger partial charge in [0.2, 0.25) is 11.7 Å². The molecule has 2 aliphatic rings. The van der Waals surface area contributed by atoms with Crippen LogP contribution in [-0.4, -0.2) is 48.2 Å². The number of primary amides is 1. The van der Waals surface area contributed by atoms with E-state index in [1.54, 1.807) is 17.9 Å². The van der Waals surface area contributed by atoms with Crippen molar-refractivity contribution in [3.05, 3.63) is 17.5 Å². The highest BCUT2D eigenvalue weighted by molar-refractivity contribution is 5.93. The van der Waals surface area contributed by atoms with Gasteiger partial charge in [0, 0.05) is 31.7 Å². The largest absolute Gasteiger partial charge is 0.381 e. The minimum absolute atomic E-state index is 0.0401. The summed E-state index contributed by atoms with van der Waals surface area (Å²) in [5.41, 5.74) is 5.57. The molecule has 2 fully saturated rings. The topological polar surface area (TPSA) is 98.7 Å². The van der Waals surface area contributed by atoms with E-state index in [2.05, 4.69) is 5.16 Å². The number of amides is 2. The molecular formula is C13H17N3O4. The number of ether oxygens (including phenoxy) is 1. The van der Waals surface area contributed by atoms with Crippen molar-refractivity contribution in [2.24, 2.45) is 17.1 Å². The fourth-order valence-corrected chi connectivity index (χ4v) is 3.13. The Balaban J connectivity index is 1.84. The molecule has 0 spiro atoms. The number of hydrogen-bond donors (Lipinski definition) is 1. The van der Waals surface area contributed by atoms with E-state index in [-0.39, 0.29) is 23.5 Å². The van der Waals surface area contributed by atoms with Gasteiger partial charge < -0.3 is 19.9 Å². The van der Waals surface area contributed by atoms with Crippen molar-refractivity contribution < 1.29 is 18.8 Å². The number of hydrogen-bond acceptors (Lipinski definition) is 5. The molecule has 1 aromatic heterocycles. The number of fused-ring (bicyclic) bond motifs is 1. The Morgan fingerprint density at radius 3 is 2.95 bits per heavy atom. The molecule has 2 amide bonds. The van der Waals surface area contributed by atoms with Crippen LogP contribution in [0.1, 0.15) is 22.7 Å². The van der Waals surface area contributed by atoms with Crippen LogP contribution in [0.25, 0.3) is 0 Å². The molecular weight excluding hydrogens is 262 g/mol. The summed E-state index contributed by atoms with van der Waals surface area (Å²) in [5, 5.41) is 3.71. The predicted octanol–water partition coefficient (Wildman–Crippen LogP) is -0.0530. The first-order chi connectivity index (χ1) is 9.53. The second-order valence-electron chi connectivity index (χ2n) is 5.56. The van der Waals surface area contributed by atoms with Crippen molar-refractivity contribution in [3.8, 4) is 0 Å². The third-order valence-electron chi connectivity index (χ3n) is 4.32. The van der Waals surface area contributed by atoms with Gasteiger partial charge in [0.25, 0.3) is 5.91 Å². The van der Waals surface area contributed by atoms with Crippen LogP contribution < -0.4 is 5.73 Å². The molecule has 3 rings (SSSR count). The van der Waals surface area contributed by atoms with E-state index in [4.69, 9.17) is 15.0 Å². The zero-order chi connectivity index (χ0) is 14.3. The van der Waals surface area contributed by atoms with Gasteiger partial charge in [0.1, 0.15) is 0 Å². The summed E-state index contributed by atoms with van der Waals surface area (Å²) in [6.45, 7) is 3.50. The van der Waals surface area contributed by atoms with Crippen LogP contribution in [0.5, 0.6) is 0 Å². The van der Waals surface area contributed by atoms with E-state index in [0.29, 0.717) is 38.4 Å². The first kappa shape index (κ1) is 13.1.